The van der Waals surface area contributed by atoms with E-state index in [2.05, 4.69) is 29.8 Å². The summed E-state index contributed by atoms with van der Waals surface area (Å²) in [5.41, 5.74) is 1.80. The van der Waals surface area contributed by atoms with Crippen LogP contribution in [0.3, 0.4) is 0 Å². The zero-order valence-electron chi connectivity index (χ0n) is 34.6. The lowest BCUT2D eigenvalue weighted by Gasteiger charge is -2.25. The number of ether oxygens (including phenoxy) is 2. The molecule has 56 heavy (non-hydrogen) atoms. The molecule has 10 nitrogen and oxygen atoms in total. The van der Waals surface area contributed by atoms with Gasteiger partial charge in [0.15, 0.2) is 0 Å². The molecule has 0 saturated carbocycles. The zero-order valence-corrected chi connectivity index (χ0v) is 37.0. The molecule has 2 aromatic carbocycles. The van der Waals surface area contributed by atoms with Crippen molar-refractivity contribution in [2.24, 2.45) is 0 Å². The van der Waals surface area contributed by atoms with E-state index in [1.807, 2.05) is 60.7 Å². The van der Waals surface area contributed by atoms with Crippen LogP contribution in [-0.2, 0) is 40.8 Å². The van der Waals surface area contributed by atoms with Crippen molar-refractivity contribution in [2.75, 3.05) is 51.3 Å². The quantitative estimate of drug-likeness (QED) is 0.0383. The first-order valence-electron chi connectivity index (χ1n) is 21.4. The van der Waals surface area contributed by atoms with Crippen LogP contribution >= 0.6 is 23.8 Å². The Hall–Kier alpha value is -2.43. The minimum atomic E-state index is -4.03. The molecular weight excluding hydrogens is 795 g/mol. The second-order valence-electron chi connectivity index (χ2n) is 14.3. The van der Waals surface area contributed by atoms with Gasteiger partial charge in [-0.2, -0.15) is 0 Å². The molecule has 0 spiro atoms. The molecule has 0 unspecified atom stereocenters. The number of alkyl halides is 1. The molecule has 0 aliphatic heterocycles. The van der Waals surface area contributed by atoms with Crippen molar-refractivity contribution in [1.82, 2.24) is 9.80 Å². The molecule has 0 atom stereocenters. The van der Waals surface area contributed by atoms with Crippen LogP contribution < -0.4 is 0 Å². The average molecular weight is 868 g/mol. The lowest BCUT2D eigenvalue weighted by atomic mass is 10.1. The van der Waals surface area contributed by atoms with Gasteiger partial charge in [0.05, 0.1) is 19.8 Å². The molecule has 12 heteroatoms. The number of carbonyl (C=O) groups is 2. The lowest BCUT2D eigenvalue weighted by Crippen LogP contribution is -2.36. The van der Waals surface area contributed by atoms with E-state index in [0.29, 0.717) is 18.4 Å². The standard InChI is InChI=1S/C44H72BrN2O8P/c1-3-5-7-9-11-13-15-17-25-32-46(43(48)51-39-41-27-21-19-22-28-41)34-37-54-56(50,53-36-31-45)55-38-35-47(33-26-18-16-14-12-10-8-6-4-2)44(49)52-40-42-29-23-20-24-30-42/h19-24,27-30H,3-18,25-26,31-40H2,1-2H3. The molecule has 0 radical (unpaired) electrons. The highest BCUT2D eigenvalue weighted by Crippen LogP contribution is 2.49. The Morgan fingerprint density at radius 1 is 0.500 bits per heavy atom. The number of unbranched alkanes of at least 4 members (excludes halogenated alkanes) is 16. The van der Waals surface area contributed by atoms with Crippen LogP contribution in [-0.4, -0.2) is 73.3 Å². The smallest absolute Gasteiger partial charge is 0.445 e. The summed E-state index contributed by atoms with van der Waals surface area (Å²) in [6.07, 6.45) is 20.1. The second kappa shape index (κ2) is 33.5. The number of halogens is 1. The molecule has 0 saturated heterocycles. The van der Waals surface area contributed by atoms with E-state index in [4.69, 9.17) is 23.0 Å². The van der Waals surface area contributed by atoms with Crippen LogP contribution in [0.25, 0.3) is 0 Å². The summed E-state index contributed by atoms with van der Waals surface area (Å²) in [6, 6.07) is 19.1. The maximum atomic E-state index is 13.8. The highest BCUT2D eigenvalue weighted by atomic mass is 79.9. The van der Waals surface area contributed by atoms with Gasteiger partial charge in [-0.15, -0.1) is 0 Å². The van der Waals surface area contributed by atoms with E-state index in [9.17, 15) is 14.2 Å². The normalized spacial score (nSPS) is 11.4. The van der Waals surface area contributed by atoms with Gasteiger partial charge in [0.2, 0.25) is 0 Å². The first-order valence-corrected chi connectivity index (χ1v) is 24.0. The van der Waals surface area contributed by atoms with E-state index < -0.39 is 20.0 Å². The highest BCUT2D eigenvalue weighted by molar-refractivity contribution is 9.09. The predicted octanol–water partition coefficient (Wildman–Crippen LogP) is 12.9. The Bertz CT molecular complexity index is 1200. The largest absolute Gasteiger partial charge is 0.474 e. The molecule has 0 bridgehead atoms. The van der Waals surface area contributed by atoms with Crippen molar-refractivity contribution in [3.05, 3.63) is 71.8 Å². The number of rotatable bonds is 35. The first-order chi connectivity index (χ1) is 27.4. The van der Waals surface area contributed by atoms with Gasteiger partial charge >= 0.3 is 20.0 Å². The summed E-state index contributed by atoms with van der Waals surface area (Å²) in [5, 5.41) is 0.427. The molecule has 0 fully saturated rings. The van der Waals surface area contributed by atoms with E-state index in [1.54, 1.807) is 9.80 Å². The van der Waals surface area contributed by atoms with Crippen LogP contribution in [0.4, 0.5) is 9.59 Å². The number of amides is 2. The third-order valence-electron chi connectivity index (χ3n) is 9.54. The first kappa shape index (κ1) is 49.7. The molecule has 2 rings (SSSR count). The van der Waals surface area contributed by atoms with Crippen LogP contribution in [0.2, 0.25) is 0 Å². The Morgan fingerprint density at radius 3 is 1.20 bits per heavy atom. The number of phosphoric ester groups is 1. The van der Waals surface area contributed by atoms with Crippen molar-refractivity contribution in [3.8, 4) is 0 Å². The fraction of sp³-hybridized carbons (Fsp3) is 0.682. The van der Waals surface area contributed by atoms with Gasteiger partial charge in [0.25, 0.3) is 0 Å². The molecule has 0 aliphatic carbocycles. The van der Waals surface area contributed by atoms with Crippen LogP contribution in [0, 0.1) is 0 Å². The number of carbonyl (C=O) groups excluding carboxylic acids is 2. The van der Waals surface area contributed by atoms with Gasteiger partial charge < -0.3 is 19.3 Å². The lowest BCUT2D eigenvalue weighted by molar-refractivity contribution is 0.0693. The number of hydrogen-bond acceptors (Lipinski definition) is 8. The monoisotopic (exact) mass is 866 g/mol. The van der Waals surface area contributed by atoms with E-state index in [-0.39, 0.29) is 46.1 Å². The van der Waals surface area contributed by atoms with Crippen LogP contribution in [0.1, 0.15) is 141 Å². The Labute approximate surface area is 347 Å². The van der Waals surface area contributed by atoms with Gasteiger partial charge in [-0.3, -0.25) is 13.6 Å². The number of benzene rings is 2. The highest BCUT2D eigenvalue weighted by Gasteiger charge is 2.28. The van der Waals surface area contributed by atoms with Gasteiger partial charge in [0.1, 0.15) is 13.2 Å². The van der Waals surface area contributed by atoms with Gasteiger partial charge in [-0.1, -0.05) is 193 Å². The second-order valence-corrected chi connectivity index (χ2v) is 16.8. The molecule has 0 aromatic heterocycles. The van der Waals surface area contributed by atoms with Crippen molar-refractivity contribution in [2.45, 2.75) is 143 Å². The molecule has 318 valence electrons. The summed E-state index contributed by atoms with van der Waals surface area (Å²) >= 11 is 3.32. The fourth-order valence-electron chi connectivity index (χ4n) is 6.22. The summed E-state index contributed by atoms with van der Waals surface area (Å²) in [6.45, 7) is 6.05. The summed E-state index contributed by atoms with van der Waals surface area (Å²) in [4.78, 5) is 29.7. The Morgan fingerprint density at radius 2 is 0.839 bits per heavy atom. The zero-order chi connectivity index (χ0) is 40.4. The van der Waals surface area contributed by atoms with Crippen molar-refractivity contribution < 1.29 is 37.2 Å². The Balaban J connectivity index is 1.94. The van der Waals surface area contributed by atoms with E-state index >= 15 is 0 Å². The molecule has 2 amide bonds. The summed E-state index contributed by atoms with van der Waals surface area (Å²) in [5.74, 6) is 0. The number of nitrogens with zero attached hydrogens (tertiary/aromatic N) is 2. The minimum absolute atomic E-state index is 0.0707. The number of phosphoric acid groups is 1. The van der Waals surface area contributed by atoms with Gasteiger partial charge in [-0.05, 0) is 24.0 Å². The van der Waals surface area contributed by atoms with Gasteiger partial charge in [-0.25, -0.2) is 14.2 Å². The summed E-state index contributed by atoms with van der Waals surface area (Å²) < 4.78 is 42.2. The van der Waals surface area contributed by atoms with Crippen LogP contribution in [0.15, 0.2) is 60.7 Å². The molecule has 0 aliphatic rings. The SMILES string of the molecule is CCCCCCCCCCCN(CCOP(=O)(OCCBr)OCCN(CCCCCCCCCCC)C(=O)OCc1ccccc1)C(=O)OCc1ccccc1. The maximum absolute atomic E-state index is 13.8. The average Bonchev–Trinajstić information content (AvgIpc) is 3.22. The van der Waals surface area contributed by atoms with E-state index in [1.165, 1.54) is 77.0 Å². The molecule has 0 heterocycles. The maximum Gasteiger partial charge on any atom is 0.474 e. The van der Waals surface area contributed by atoms with Crippen molar-refractivity contribution in [3.63, 3.8) is 0 Å². The predicted molar refractivity (Wildman–Crippen MR) is 230 cm³/mol. The third-order valence-corrected chi connectivity index (χ3v) is 11.4. The minimum Gasteiger partial charge on any atom is -0.445 e. The molecule has 2 aromatic rings. The molecule has 0 N–H and O–H groups in total. The van der Waals surface area contributed by atoms with Crippen molar-refractivity contribution in [1.29, 1.82) is 0 Å². The molecular formula is C44H72BrN2O8P. The van der Waals surface area contributed by atoms with E-state index in [0.717, 1.165) is 49.7 Å². The third kappa shape index (κ3) is 25.0. The van der Waals surface area contributed by atoms with Crippen molar-refractivity contribution >= 4 is 35.9 Å². The van der Waals surface area contributed by atoms with Crippen LogP contribution in [0.5, 0.6) is 0 Å². The number of hydrogen-bond donors (Lipinski definition) is 0. The topological polar surface area (TPSA) is 104 Å². The Kier molecular flexibility index (Phi) is 29.8. The summed E-state index contributed by atoms with van der Waals surface area (Å²) in [7, 11) is -4.03. The van der Waals surface area contributed by atoms with Gasteiger partial charge in [0, 0.05) is 31.5 Å². The fourth-order valence-corrected chi connectivity index (χ4v) is 7.78.